The number of carbonyl (C=O) groups excluding carboxylic acids is 1. The predicted octanol–water partition coefficient (Wildman–Crippen LogP) is 4.31. The van der Waals surface area contributed by atoms with Crippen LogP contribution in [0.15, 0.2) is 42.6 Å². The summed E-state index contributed by atoms with van der Waals surface area (Å²) in [5, 5.41) is 3.55. The van der Waals surface area contributed by atoms with E-state index in [2.05, 4.69) is 10.3 Å². The van der Waals surface area contributed by atoms with E-state index in [1.165, 1.54) is 6.07 Å². The fourth-order valence-electron chi connectivity index (χ4n) is 3.08. The summed E-state index contributed by atoms with van der Waals surface area (Å²) in [6.07, 6.45) is -2.87. The molecule has 1 aliphatic heterocycles. The monoisotopic (exact) mass is 427 g/mol. The first-order valence-corrected chi connectivity index (χ1v) is 9.61. The molecule has 3 rings (SSSR count). The number of benzene rings is 1. The van der Waals surface area contributed by atoms with Crippen molar-refractivity contribution in [3.63, 3.8) is 0 Å². The number of amides is 1. The molecule has 0 aliphatic carbocycles. The van der Waals surface area contributed by atoms with Crippen molar-refractivity contribution in [3.05, 3.63) is 53.2 Å². The number of halogens is 4. The maximum absolute atomic E-state index is 12.6. The molecule has 0 radical (unpaired) electrons. The normalized spacial score (nSPS) is 16.4. The van der Waals surface area contributed by atoms with Crippen molar-refractivity contribution in [2.24, 2.45) is 0 Å². The van der Waals surface area contributed by atoms with Crippen molar-refractivity contribution in [3.8, 4) is 5.75 Å². The number of carbonyl (C=O) groups is 1. The molecular formula is C20H21ClF3N3O2. The fraction of sp³-hybridized carbons (Fsp3) is 0.400. The highest BCUT2D eigenvalue weighted by Gasteiger charge is 2.31. The predicted molar refractivity (Wildman–Crippen MR) is 104 cm³/mol. The molecule has 1 amide bonds. The van der Waals surface area contributed by atoms with E-state index >= 15 is 0 Å². The molecule has 156 valence electrons. The lowest BCUT2D eigenvalue weighted by Crippen LogP contribution is -2.48. The van der Waals surface area contributed by atoms with E-state index in [0.29, 0.717) is 42.5 Å². The zero-order valence-electron chi connectivity index (χ0n) is 15.7. The molecule has 2 heterocycles. The van der Waals surface area contributed by atoms with Crippen molar-refractivity contribution in [2.75, 3.05) is 18.0 Å². The first-order chi connectivity index (χ1) is 13.7. The first-order valence-electron chi connectivity index (χ1n) is 9.23. The van der Waals surface area contributed by atoms with E-state index in [-0.39, 0.29) is 11.9 Å². The Balaban J connectivity index is 1.47. The Morgan fingerprint density at radius 3 is 2.41 bits per heavy atom. The molecule has 1 fully saturated rings. The SMILES string of the molecule is CC(Oc1ccc(Cl)cc1)C(=O)NC1CCN(c2ccc(C(F)(F)F)cn2)CC1. The van der Waals surface area contributed by atoms with Gasteiger partial charge >= 0.3 is 6.18 Å². The number of anilines is 1. The van der Waals surface area contributed by atoms with Crippen molar-refractivity contribution < 1.29 is 22.7 Å². The molecule has 1 saturated heterocycles. The number of hydrogen-bond acceptors (Lipinski definition) is 4. The third-order valence-corrected chi connectivity index (χ3v) is 4.99. The van der Waals surface area contributed by atoms with Crippen LogP contribution in [0, 0.1) is 0 Å². The van der Waals surface area contributed by atoms with E-state index in [1.54, 1.807) is 31.2 Å². The van der Waals surface area contributed by atoms with E-state index in [1.807, 2.05) is 4.90 Å². The standard InChI is InChI=1S/C20H21ClF3N3O2/c1-13(29-17-5-3-15(21)4-6-17)19(28)26-16-8-10-27(11-9-16)18-7-2-14(12-25-18)20(22,23)24/h2-7,12-13,16H,8-11H2,1H3,(H,26,28). The highest BCUT2D eigenvalue weighted by atomic mass is 35.5. The summed E-state index contributed by atoms with van der Waals surface area (Å²) in [6, 6.07) is 9.16. The number of rotatable bonds is 5. The van der Waals surface area contributed by atoms with Crippen LogP contribution in [0.4, 0.5) is 19.0 Å². The number of piperidine rings is 1. The van der Waals surface area contributed by atoms with Gasteiger partial charge in [-0.25, -0.2) is 4.98 Å². The minimum Gasteiger partial charge on any atom is -0.481 e. The molecule has 5 nitrogen and oxygen atoms in total. The minimum atomic E-state index is -4.40. The molecule has 2 aromatic rings. The van der Waals surface area contributed by atoms with Gasteiger partial charge in [-0.05, 0) is 56.2 Å². The number of nitrogens with one attached hydrogen (secondary N) is 1. The van der Waals surface area contributed by atoms with Gasteiger partial charge in [0.05, 0.1) is 5.56 Å². The maximum atomic E-state index is 12.6. The minimum absolute atomic E-state index is 0.0236. The molecule has 1 unspecified atom stereocenters. The quantitative estimate of drug-likeness (QED) is 0.772. The van der Waals surface area contributed by atoms with Gasteiger partial charge in [-0.1, -0.05) is 11.6 Å². The summed E-state index contributed by atoms with van der Waals surface area (Å²) in [6.45, 7) is 2.86. The summed E-state index contributed by atoms with van der Waals surface area (Å²) in [5.41, 5.74) is -0.766. The summed E-state index contributed by atoms with van der Waals surface area (Å²) in [5.74, 6) is 0.841. The molecule has 29 heavy (non-hydrogen) atoms. The Morgan fingerprint density at radius 2 is 1.86 bits per heavy atom. The molecule has 0 saturated carbocycles. The Kier molecular flexibility index (Phi) is 6.52. The second kappa shape index (κ2) is 8.90. The summed E-state index contributed by atoms with van der Waals surface area (Å²) < 4.78 is 43.6. The number of aromatic nitrogens is 1. The van der Waals surface area contributed by atoms with Crippen LogP contribution in [0.1, 0.15) is 25.3 Å². The van der Waals surface area contributed by atoms with Gasteiger partial charge in [0.25, 0.3) is 5.91 Å². The molecular weight excluding hydrogens is 407 g/mol. The average Bonchev–Trinajstić information content (AvgIpc) is 2.69. The van der Waals surface area contributed by atoms with E-state index in [4.69, 9.17) is 16.3 Å². The smallest absolute Gasteiger partial charge is 0.417 e. The van der Waals surface area contributed by atoms with E-state index in [9.17, 15) is 18.0 Å². The zero-order valence-corrected chi connectivity index (χ0v) is 16.5. The third-order valence-electron chi connectivity index (χ3n) is 4.74. The number of alkyl halides is 3. The van der Waals surface area contributed by atoms with Crippen LogP contribution < -0.4 is 15.0 Å². The van der Waals surface area contributed by atoms with Gasteiger partial charge in [0.2, 0.25) is 0 Å². The number of ether oxygens (including phenoxy) is 1. The van der Waals surface area contributed by atoms with Crippen LogP contribution in [0.5, 0.6) is 5.75 Å². The third kappa shape index (κ3) is 5.76. The Hall–Kier alpha value is -2.48. The second-order valence-electron chi connectivity index (χ2n) is 6.89. The Morgan fingerprint density at radius 1 is 1.21 bits per heavy atom. The van der Waals surface area contributed by atoms with Gasteiger partial charge in [-0.2, -0.15) is 13.2 Å². The topological polar surface area (TPSA) is 54.5 Å². The maximum Gasteiger partial charge on any atom is 0.417 e. The van der Waals surface area contributed by atoms with Gasteiger partial charge < -0.3 is 15.0 Å². The molecule has 1 N–H and O–H groups in total. The van der Waals surface area contributed by atoms with Crippen LogP contribution in [-0.4, -0.2) is 36.1 Å². The lowest BCUT2D eigenvalue weighted by molar-refractivity contribution is -0.137. The van der Waals surface area contributed by atoms with Crippen LogP contribution in [0.3, 0.4) is 0 Å². The van der Waals surface area contributed by atoms with Crippen LogP contribution >= 0.6 is 11.6 Å². The van der Waals surface area contributed by atoms with Gasteiger partial charge in [0.1, 0.15) is 11.6 Å². The second-order valence-corrected chi connectivity index (χ2v) is 7.32. The average molecular weight is 428 g/mol. The van der Waals surface area contributed by atoms with Crippen molar-refractivity contribution in [1.82, 2.24) is 10.3 Å². The molecule has 0 bridgehead atoms. The lowest BCUT2D eigenvalue weighted by atomic mass is 10.0. The number of hydrogen-bond donors (Lipinski definition) is 1. The molecule has 9 heteroatoms. The van der Waals surface area contributed by atoms with Gasteiger partial charge in [-0.3, -0.25) is 4.79 Å². The lowest BCUT2D eigenvalue weighted by Gasteiger charge is -2.33. The van der Waals surface area contributed by atoms with Crippen LogP contribution in [-0.2, 0) is 11.0 Å². The summed E-state index contributed by atoms with van der Waals surface area (Å²) in [7, 11) is 0. The van der Waals surface area contributed by atoms with Crippen LogP contribution in [0.2, 0.25) is 5.02 Å². The van der Waals surface area contributed by atoms with Crippen molar-refractivity contribution >= 4 is 23.3 Å². The summed E-state index contributed by atoms with van der Waals surface area (Å²) >= 11 is 5.83. The molecule has 1 aromatic carbocycles. The van der Waals surface area contributed by atoms with E-state index in [0.717, 1.165) is 12.3 Å². The van der Waals surface area contributed by atoms with E-state index < -0.39 is 17.8 Å². The largest absolute Gasteiger partial charge is 0.481 e. The zero-order chi connectivity index (χ0) is 21.0. The number of nitrogens with zero attached hydrogens (tertiary/aromatic N) is 2. The molecule has 1 aliphatic rings. The number of pyridine rings is 1. The van der Waals surface area contributed by atoms with Crippen LogP contribution in [0.25, 0.3) is 0 Å². The highest BCUT2D eigenvalue weighted by molar-refractivity contribution is 6.30. The Bertz CT molecular complexity index is 820. The Labute approximate surface area is 171 Å². The molecule has 1 aromatic heterocycles. The van der Waals surface area contributed by atoms with Crippen molar-refractivity contribution in [2.45, 2.75) is 38.1 Å². The molecule has 1 atom stereocenters. The molecule has 0 spiro atoms. The highest BCUT2D eigenvalue weighted by Crippen LogP contribution is 2.29. The van der Waals surface area contributed by atoms with Gasteiger partial charge in [0, 0.05) is 30.4 Å². The van der Waals surface area contributed by atoms with Crippen molar-refractivity contribution in [1.29, 1.82) is 0 Å². The van der Waals surface area contributed by atoms with Gasteiger partial charge in [-0.15, -0.1) is 0 Å². The fourth-order valence-corrected chi connectivity index (χ4v) is 3.21. The van der Waals surface area contributed by atoms with Gasteiger partial charge in [0.15, 0.2) is 6.10 Å². The first kappa shape index (κ1) is 21.2. The summed E-state index contributed by atoms with van der Waals surface area (Å²) in [4.78, 5) is 18.2.